The van der Waals surface area contributed by atoms with Crippen molar-refractivity contribution in [3.8, 4) is 5.75 Å². The van der Waals surface area contributed by atoms with Crippen molar-refractivity contribution in [3.63, 3.8) is 0 Å². The first-order valence-electron chi connectivity index (χ1n) is 12.7. The van der Waals surface area contributed by atoms with E-state index >= 15 is 4.39 Å². The van der Waals surface area contributed by atoms with E-state index in [-0.39, 0.29) is 48.4 Å². The zero-order chi connectivity index (χ0) is 27.8. The molecule has 2 fully saturated rings. The third-order valence-electron chi connectivity index (χ3n) is 7.22. The molecule has 1 aliphatic carbocycles. The molecule has 11 heteroatoms. The lowest BCUT2D eigenvalue weighted by Gasteiger charge is -2.27. The summed E-state index contributed by atoms with van der Waals surface area (Å²) in [7, 11) is 0. The van der Waals surface area contributed by atoms with E-state index in [9.17, 15) is 23.9 Å². The van der Waals surface area contributed by atoms with Gasteiger partial charge in [-0.3, -0.25) is 14.4 Å². The number of Topliss-reactive ketones (excluding diaryl/α,β-unsaturated/α-hetero) is 1. The maximum Gasteiger partial charge on any atom is 0.245 e. The van der Waals surface area contributed by atoms with Gasteiger partial charge >= 0.3 is 0 Å². The van der Waals surface area contributed by atoms with Crippen LogP contribution in [0.3, 0.4) is 0 Å². The lowest BCUT2D eigenvalue weighted by molar-refractivity contribution is -0.142. The molecular formula is C28H28ClF2N3O5. The number of halogens is 3. The Bertz CT molecular complexity index is 1440. The van der Waals surface area contributed by atoms with E-state index in [0.717, 1.165) is 17.7 Å². The standard InChI is InChI=1S/C28H28ClF2N3O5/c1-15(35)20-11-33(23-9-18(36)7-8-19(20)23)13-24(37)34-12-22(30)27(39-14-16-5-6-16)26(34)28(38)32-10-17-3-2-4-21(29)25(17)31/h2-4,7-9,11,16,22,26-27,36H,5-6,10,12-14H2,1H3,(H,32,38). The number of aromatic nitrogens is 1. The predicted octanol–water partition coefficient (Wildman–Crippen LogP) is 4.00. The van der Waals surface area contributed by atoms with Gasteiger partial charge in [-0.1, -0.05) is 23.7 Å². The Labute approximate surface area is 228 Å². The molecular weight excluding hydrogens is 532 g/mol. The summed E-state index contributed by atoms with van der Waals surface area (Å²) in [6.07, 6.45) is 0.638. The van der Waals surface area contributed by atoms with Gasteiger partial charge in [0.1, 0.15) is 36.4 Å². The minimum atomic E-state index is -1.61. The molecule has 2 heterocycles. The summed E-state index contributed by atoms with van der Waals surface area (Å²) in [5.41, 5.74) is 0.962. The maximum absolute atomic E-state index is 15.3. The number of ether oxygens (including phenoxy) is 1. The first-order valence-corrected chi connectivity index (χ1v) is 13.1. The summed E-state index contributed by atoms with van der Waals surface area (Å²) in [6, 6.07) is 7.59. The van der Waals surface area contributed by atoms with Crippen molar-refractivity contribution < 1.29 is 33.0 Å². The molecule has 3 aromatic rings. The fourth-order valence-electron chi connectivity index (χ4n) is 4.96. The number of hydrogen-bond donors (Lipinski definition) is 2. The number of nitrogens with one attached hydrogen (secondary N) is 1. The molecule has 0 spiro atoms. The highest BCUT2D eigenvalue weighted by Gasteiger charge is 2.49. The average Bonchev–Trinajstić information content (AvgIpc) is 3.58. The van der Waals surface area contributed by atoms with E-state index in [0.29, 0.717) is 22.4 Å². The van der Waals surface area contributed by atoms with Crippen molar-refractivity contribution in [1.82, 2.24) is 14.8 Å². The van der Waals surface area contributed by atoms with Crippen LogP contribution in [0.25, 0.3) is 10.9 Å². The van der Waals surface area contributed by atoms with E-state index in [4.69, 9.17) is 16.3 Å². The highest BCUT2D eigenvalue weighted by molar-refractivity contribution is 6.30. The van der Waals surface area contributed by atoms with Crippen molar-refractivity contribution >= 4 is 40.1 Å². The van der Waals surface area contributed by atoms with Crippen molar-refractivity contribution in [2.24, 2.45) is 5.92 Å². The van der Waals surface area contributed by atoms with Gasteiger partial charge in [-0.15, -0.1) is 0 Å². The number of fused-ring (bicyclic) bond motifs is 1. The van der Waals surface area contributed by atoms with E-state index < -0.39 is 35.9 Å². The molecule has 1 saturated heterocycles. The van der Waals surface area contributed by atoms with Gasteiger partial charge in [0.2, 0.25) is 11.8 Å². The number of hydrogen-bond acceptors (Lipinski definition) is 5. The summed E-state index contributed by atoms with van der Waals surface area (Å²) < 4.78 is 36.9. The van der Waals surface area contributed by atoms with E-state index in [1.165, 1.54) is 42.0 Å². The maximum atomic E-state index is 15.3. The van der Waals surface area contributed by atoms with Crippen LogP contribution in [0.2, 0.25) is 5.02 Å². The van der Waals surface area contributed by atoms with E-state index in [2.05, 4.69) is 5.32 Å². The van der Waals surface area contributed by atoms with Crippen molar-refractivity contribution in [3.05, 3.63) is 64.6 Å². The van der Waals surface area contributed by atoms with Gasteiger partial charge in [-0.25, -0.2) is 8.78 Å². The number of ketones is 1. The van der Waals surface area contributed by atoms with Gasteiger partial charge in [0, 0.05) is 35.3 Å². The van der Waals surface area contributed by atoms with Gasteiger partial charge in [0.15, 0.2) is 5.78 Å². The Balaban J connectivity index is 1.39. The van der Waals surface area contributed by atoms with E-state index in [1.54, 1.807) is 12.1 Å². The van der Waals surface area contributed by atoms with Gasteiger partial charge in [-0.05, 0) is 43.9 Å². The summed E-state index contributed by atoms with van der Waals surface area (Å²) in [6.45, 7) is 0.805. The first-order chi connectivity index (χ1) is 18.6. The Hall–Kier alpha value is -3.50. The van der Waals surface area contributed by atoms with Crippen LogP contribution in [-0.4, -0.2) is 63.6 Å². The molecule has 1 aromatic heterocycles. The number of carbonyl (C=O) groups is 3. The molecule has 0 bridgehead atoms. The number of nitrogens with zero attached hydrogens (tertiary/aromatic N) is 2. The number of phenolic OH excluding ortho intramolecular Hbond substituents is 1. The Kier molecular flexibility index (Phi) is 7.59. The van der Waals surface area contributed by atoms with E-state index in [1.807, 2.05) is 0 Å². The summed E-state index contributed by atoms with van der Waals surface area (Å²) in [5, 5.41) is 13.1. The molecule has 1 saturated carbocycles. The van der Waals surface area contributed by atoms with Crippen molar-refractivity contribution in [2.45, 2.75) is 51.2 Å². The molecule has 2 amide bonds. The quantitative estimate of drug-likeness (QED) is 0.386. The number of aromatic hydroxyl groups is 1. The number of amides is 2. The van der Waals surface area contributed by atoms with Crippen LogP contribution in [0.15, 0.2) is 42.6 Å². The highest BCUT2D eigenvalue weighted by Crippen LogP contribution is 2.33. The van der Waals surface area contributed by atoms with Crippen LogP contribution < -0.4 is 5.32 Å². The van der Waals surface area contributed by atoms with Crippen LogP contribution in [0, 0.1) is 11.7 Å². The molecule has 3 unspecified atom stereocenters. The lowest BCUT2D eigenvalue weighted by atomic mass is 10.1. The molecule has 1 aliphatic heterocycles. The number of alkyl halides is 1. The smallest absolute Gasteiger partial charge is 0.245 e. The SMILES string of the molecule is CC(=O)c1cn(CC(=O)N2CC(F)C(OCC3CC3)C2C(=O)NCc2cccc(Cl)c2F)c2cc(O)ccc12. The van der Waals surface area contributed by atoms with Gasteiger partial charge < -0.3 is 24.6 Å². The topological polar surface area (TPSA) is 101 Å². The Morgan fingerprint density at radius 2 is 1.97 bits per heavy atom. The number of phenols is 1. The Morgan fingerprint density at radius 1 is 1.21 bits per heavy atom. The summed E-state index contributed by atoms with van der Waals surface area (Å²) >= 11 is 5.84. The third kappa shape index (κ3) is 5.62. The summed E-state index contributed by atoms with van der Waals surface area (Å²) in [4.78, 5) is 40.2. The fraction of sp³-hybridized carbons (Fsp3) is 0.393. The molecule has 2 aromatic carbocycles. The second-order valence-corrected chi connectivity index (χ2v) is 10.5. The van der Waals surface area contributed by atoms with Gasteiger partial charge in [0.25, 0.3) is 0 Å². The summed E-state index contributed by atoms with van der Waals surface area (Å²) in [5.74, 6) is -1.89. The second kappa shape index (κ2) is 10.9. The lowest BCUT2D eigenvalue weighted by Crippen LogP contribution is -2.51. The van der Waals surface area contributed by atoms with Gasteiger partial charge in [0.05, 0.1) is 23.7 Å². The normalized spacial score (nSPS) is 20.9. The minimum Gasteiger partial charge on any atom is -0.508 e. The molecule has 206 valence electrons. The van der Waals surface area contributed by atoms with Crippen LogP contribution in [0.4, 0.5) is 8.78 Å². The van der Waals surface area contributed by atoms with Crippen molar-refractivity contribution in [2.75, 3.05) is 13.2 Å². The average molecular weight is 560 g/mol. The largest absolute Gasteiger partial charge is 0.508 e. The predicted molar refractivity (Wildman–Crippen MR) is 140 cm³/mol. The van der Waals surface area contributed by atoms with Crippen LogP contribution in [0.5, 0.6) is 5.75 Å². The van der Waals surface area contributed by atoms with Crippen LogP contribution in [0.1, 0.15) is 35.7 Å². The van der Waals surface area contributed by atoms with Crippen LogP contribution >= 0.6 is 11.6 Å². The first kappa shape index (κ1) is 27.1. The number of rotatable bonds is 9. The molecule has 8 nitrogen and oxygen atoms in total. The molecule has 2 N–H and O–H groups in total. The Morgan fingerprint density at radius 3 is 2.69 bits per heavy atom. The zero-order valence-corrected chi connectivity index (χ0v) is 22.0. The zero-order valence-electron chi connectivity index (χ0n) is 21.2. The fourth-order valence-corrected chi connectivity index (χ4v) is 5.15. The molecule has 0 radical (unpaired) electrons. The third-order valence-corrected chi connectivity index (χ3v) is 7.51. The number of likely N-dealkylation sites (tertiary alicyclic amines) is 1. The minimum absolute atomic E-state index is 0.0477. The van der Waals surface area contributed by atoms with Gasteiger partial charge in [-0.2, -0.15) is 0 Å². The number of carbonyl (C=O) groups excluding carboxylic acids is 3. The van der Waals surface area contributed by atoms with Crippen LogP contribution in [-0.2, 0) is 27.4 Å². The molecule has 39 heavy (non-hydrogen) atoms. The molecule has 3 atom stereocenters. The van der Waals surface area contributed by atoms with Crippen molar-refractivity contribution in [1.29, 1.82) is 0 Å². The highest BCUT2D eigenvalue weighted by atomic mass is 35.5. The second-order valence-electron chi connectivity index (χ2n) is 10.1. The monoisotopic (exact) mass is 559 g/mol. The molecule has 5 rings (SSSR count). The number of benzene rings is 2. The molecule has 2 aliphatic rings.